The first-order valence-electron chi connectivity index (χ1n) is 8.75. The topological polar surface area (TPSA) is 139 Å². The highest BCUT2D eigenvalue weighted by Crippen LogP contribution is 2.27. The third kappa shape index (κ3) is 5.34. The lowest BCUT2D eigenvalue weighted by molar-refractivity contribution is -0.386. The van der Waals surface area contributed by atoms with Crippen LogP contribution < -0.4 is 20.3 Å². The summed E-state index contributed by atoms with van der Waals surface area (Å²) >= 11 is 0. The molecule has 30 heavy (non-hydrogen) atoms. The van der Waals surface area contributed by atoms with Gasteiger partial charge in [-0.25, -0.2) is 4.79 Å². The Hall–Kier alpha value is -3.89. The second kappa shape index (κ2) is 10.0. The van der Waals surface area contributed by atoms with Crippen LogP contribution >= 0.6 is 0 Å². The number of hydrogen-bond acceptors (Lipinski definition) is 8. The number of nitro groups is 1. The minimum absolute atomic E-state index is 0.207. The van der Waals surface area contributed by atoms with Crippen LogP contribution in [0.1, 0.15) is 15.9 Å². The molecule has 2 rings (SSSR count). The molecular formula is C19H21N3O8. The van der Waals surface area contributed by atoms with Crippen LogP contribution in [0.3, 0.4) is 0 Å². The van der Waals surface area contributed by atoms with E-state index in [2.05, 4.69) is 10.1 Å². The lowest BCUT2D eigenvalue weighted by Gasteiger charge is -2.11. The van der Waals surface area contributed by atoms with Crippen LogP contribution in [0.4, 0.5) is 5.69 Å². The number of carbonyl (C=O) groups is 2. The molecule has 0 atom stereocenters. The standard InChI is InChI=1S/C19H21N3O8/c1-28-15-5-4-12(8-16(15)29-2)6-7-20-17(23)11-21-10-13(19(25)30-3)9-14(18(21)24)22(26)27/h4-5,8-10H,6-7,11H2,1-3H3,(H,20,23). The van der Waals surface area contributed by atoms with E-state index in [0.29, 0.717) is 17.9 Å². The molecule has 11 nitrogen and oxygen atoms in total. The normalized spacial score (nSPS) is 10.2. The van der Waals surface area contributed by atoms with Crippen molar-refractivity contribution in [3.63, 3.8) is 0 Å². The Morgan fingerprint density at radius 3 is 2.43 bits per heavy atom. The number of hydrogen-bond donors (Lipinski definition) is 1. The van der Waals surface area contributed by atoms with Crippen molar-refractivity contribution in [1.82, 2.24) is 9.88 Å². The molecule has 1 heterocycles. The number of rotatable bonds is 9. The molecule has 0 bridgehead atoms. The van der Waals surface area contributed by atoms with Crippen molar-refractivity contribution in [1.29, 1.82) is 0 Å². The van der Waals surface area contributed by atoms with Crippen molar-refractivity contribution in [2.45, 2.75) is 13.0 Å². The fourth-order valence-corrected chi connectivity index (χ4v) is 2.69. The number of nitrogens with one attached hydrogen (secondary N) is 1. The number of benzene rings is 1. The first-order chi connectivity index (χ1) is 14.3. The largest absolute Gasteiger partial charge is 0.493 e. The van der Waals surface area contributed by atoms with Crippen LogP contribution in [0.25, 0.3) is 0 Å². The van der Waals surface area contributed by atoms with Crippen molar-refractivity contribution in [2.24, 2.45) is 0 Å². The fraction of sp³-hybridized carbons (Fsp3) is 0.316. The molecule has 0 saturated heterocycles. The minimum Gasteiger partial charge on any atom is -0.493 e. The molecule has 0 spiro atoms. The van der Waals surface area contributed by atoms with Crippen LogP contribution in [0, 0.1) is 10.1 Å². The average Bonchev–Trinajstić information content (AvgIpc) is 2.74. The first-order valence-corrected chi connectivity index (χ1v) is 8.75. The van der Waals surface area contributed by atoms with E-state index in [-0.39, 0.29) is 12.1 Å². The Morgan fingerprint density at radius 1 is 1.13 bits per heavy atom. The number of ether oxygens (including phenoxy) is 3. The maximum Gasteiger partial charge on any atom is 0.339 e. The van der Waals surface area contributed by atoms with E-state index in [4.69, 9.17) is 9.47 Å². The van der Waals surface area contributed by atoms with E-state index in [1.807, 2.05) is 6.07 Å². The summed E-state index contributed by atoms with van der Waals surface area (Å²) in [7, 11) is 4.15. The molecule has 160 valence electrons. The molecule has 2 aromatic rings. The van der Waals surface area contributed by atoms with Crippen LogP contribution in [0.2, 0.25) is 0 Å². The van der Waals surface area contributed by atoms with Gasteiger partial charge < -0.3 is 19.5 Å². The monoisotopic (exact) mass is 419 g/mol. The molecule has 0 aliphatic rings. The van der Waals surface area contributed by atoms with E-state index in [0.717, 1.165) is 29.5 Å². The highest BCUT2D eigenvalue weighted by Gasteiger charge is 2.21. The molecule has 0 fully saturated rings. The zero-order valence-corrected chi connectivity index (χ0v) is 16.7. The summed E-state index contributed by atoms with van der Waals surface area (Å²) in [4.78, 5) is 46.2. The second-order valence-corrected chi connectivity index (χ2v) is 6.09. The Kier molecular flexibility index (Phi) is 7.50. The molecule has 0 saturated carbocycles. The highest BCUT2D eigenvalue weighted by molar-refractivity contribution is 5.89. The average molecular weight is 419 g/mol. The molecule has 0 unspecified atom stereocenters. The van der Waals surface area contributed by atoms with E-state index in [1.54, 1.807) is 12.1 Å². The number of aromatic nitrogens is 1. The molecule has 0 aliphatic carbocycles. The van der Waals surface area contributed by atoms with Crippen LogP contribution in [0.5, 0.6) is 11.5 Å². The van der Waals surface area contributed by atoms with Crippen LogP contribution in [-0.2, 0) is 22.5 Å². The zero-order valence-electron chi connectivity index (χ0n) is 16.7. The Labute approximate surface area is 171 Å². The number of pyridine rings is 1. The van der Waals surface area contributed by atoms with Gasteiger partial charge in [-0.05, 0) is 24.1 Å². The molecule has 1 N–H and O–H groups in total. The summed E-state index contributed by atoms with van der Waals surface area (Å²) in [5.41, 5.74) is -1.14. The number of amides is 1. The summed E-state index contributed by atoms with van der Waals surface area (Å²) in [6.45, 7) is -0.238. The van der Waals surface area contributed by atoms with Gasteiger partial charge in [0.1, 0.15) is 6.54 Å². The third-order valence-corrected chi connectivity index (χ3v) is 4.18. The maximum atomic E-state index is 12.2. The Bertz CT molecular complexity index is 1020. The summed E-state index contributed by atoms with van der Waals surface area (Å²) in [6, 6.07) is 6.16. The third-order valence-electron chi connectivity index (χ3n) is 4.18. The quantitative estimate of drug-likeness (QED) is 0.360. The highest BCUT2D eigenvalue weighted by atomic mass is 16.6. The van der Waals surface area contributed by atoms with Crippen molar-refractivity contribution >= 4 is 17.6 Å². The van der Waals surface area contributed by atoms with Crippen LogP contribution in [-0.4, -0.2) is 49.2 Å². The van der Waals surface area contributed by atoms with Gasteiger partial charge in [-0.3, -0.25) is 24.3 Å². The zero-order chi connectivity index (χ0) is 22.3. The van der Waals surface area contributed by atoms with E-state index >= 15 is 0 Å². The van der Waals surface area contributed by atoms with Gasteiger partial charge in [0, 0.05) is 18.8 Å². The minimum atomic E-state index is -0.998. The maximum absolute atomic E-state index is 12.2. The van der Waals surface area contributed by atoms with E-state index in [1.165, 1.54) is 14.2 Å². The lowest BCUT2D eigenvalue weighted by atomic mass is 10.1. The molecule has 11 heteroatoms. The predicted molar refractivity (Wildman–Crippen MR) is 105 cm³/mol. The van der Waals surface area contributed by atoms with Gasteiger partial charge >= 0.3 is 17.2 Å². The predicted octanol–water partition coefficient (Wildman–Crippen LogP) is 0.919. The Morgan fingerprint density at radius 2 is 1.83 bits per heavy atom. The summed E-state index contributed by atoms with van der Waals surface area (Å²) < 4.78 is 15.7. The Balaban J connectivity index is 2.07. The number of nitrogens with zero attached hydrogens (tertiary/aromatic N) is 2. The number of esters is 1. The second-order valence-electron chi connectivity index (χ2n) is 6.09. The van der Waals surface area contributed by atoms with Crippen molar-refractivity contribution < 1.29 is 28.7 Å². The lowest BCUT2D eigenvalue weighted by Crippen LogP contribution is -2.34. The van der Waals surface area contributed by atoms with E-state index in [9.17, 15) is 24.5 Å². The first kappa shape index (κ1) is 22.4. The molecule has 1 amide bonds. The van der Waals surface area contributed by atoms with Gasteiger partial charge in [-0.1, -0.05) is 6.07 Å². The van der Waals surface area contributed by atoms with E-state index < -0.39 is 34.6 Å². The fourth-order valence-electron chi connectivity index (χ4n) is 2.69. The number of methoxy groups -OCH3 is 3. The SMILES string of the molecule is COC(=O)c1cc([N+](=O)[O-])c(=O)n(CC(=O)NCCc2ccc(OC)c(OC)c2)c1. The van der Waals surface area contributed by atoms with Gasteiger partial charge in [-0.15, -0.1) is 0 Å². The van der Waals surface area contributed by atoms with Gasteiger partial charge in [0.2, 0.25) is 5.91 Å². The smallest absolute Gasteiger partial charge is 0.339 e. The van der Waals surface area contributed by atoms with Crippen molar-refractivity contribution in [2.75, 3.05) is 27.9 Å². The summed E-state index contributed by atoms with van der Waals surface area (Å²) in [6.07, 6.45) is 1.53. The molecule has 1 aromatic heterocycles. The number of carbonyl (C=O) groups excluding carboxylic acids is 2. The molecule has 0 aliphatic heterocycles. The van der Waals surface area contributed by atoms with Crippen LogP contribution in [0.15, 0.2) is 35.3 Å². The summed E-state index contributed by atoms with van der Waals surface area (Å²) in [5.74, 6) is -0.272. The van der Waals surface area contributed by atoms with Crippen molar-refractivity contribution in [3.05, 3.63) is 62.1 Å². The van der Waals surface area contributed by atoms with Gasteiger partial charge in [0.25, 0.3) is 0 Å². The summed E-state index contributed by atoms with van der Waals surface area (Å²) in [5, 5.41) is 13.7. The van der Waals surface area contributed by atoms with Gasteiger partial charge in [0.05, 0.1) is 31.8 Å². The molecule has 1 aromatic carbocycles. The van der Waals surface area contributed by atoms with Gasteiger partial charge in [-0.2, -0.15) is 0 Å². The van der Waals surface area contributed by atoms with Gasteiger partial charge in [0.15, 0.2) is 11.5 Å². The van der Waals surface area contributed by atoms with Crippen molar-refractivity contribution in [3.8, 4) is 11.5 Å². The molecular weight excluding hydrogens is 398 g/mol. The molecule has 0 radical (unpaired) electrons.